The first kappa shape index (κ1) is 6.78. The predicted octanol–water partition coefficient (Wildman–Crippen LogP) is 0.807. The molecule has 0 aliphatic rings. The second kappa shape index (κ2) is 2.50. The van der Waals surface area contributed by atoms with Crippen molar-refractivity contribution >= 4 is 0 Å². The van der Waals surface area contributed by atoms with Gasteiger partial charge in [0.05, 0.1) is 0 Å². The summed E-state index contributed by atoms with van der Waals surface area (Å²) < 4.78 is 3.20. The van der Waals surface area contributed by atoms with Gasteiger partial charge in [0.1, 0.15) is 0 Å². The maximum atomic E-state index is 4.09. The third kappa shape index (κ3) is 1.32. The van der Waals surface area contributed by atoms with Crippen LogP contribution in [0.25, 0.3) is 0 Å². The molecule has 0 aromatic carbocycles. The molecule has 0 saturated heterocycles. The van der Waals surface area contributed by atoms with E-state index in [-0.39, 0.29) is 0 Å². The Morgan fingerprint density at radius 2 is 2.33 bits per heavy atom. The van der Waals surface area contributed by atoms with Crippen molar-refractivity contribution in [2.75, 3.05) is 0 Å². The minimum atomic E-state index is 1.04. The number of aromatic nitrogens is 2. The topological polar surface area (TPSA) is 17.8 Å². The van der Waals surface area contributed by atoms with E-state index in [1.54, 1.807) is 0 Å². The van der Waals surface area contributed by atoms with Crippen LogP contribution in [0.3, 0.4) is 0 Å². The summed E-state index contributed by atoms with van der Waals surface area (Å²) >= 11 is 2.50. The monoisotopic (exact) mass is 159 g/mol. The summed E-state index contributed by atoms with van der Waals surface area (Å²) in [6.45, 7) is 1.98. The van der Waals surface area contributed by atoms with Crippen LogP contribution in [0.1, 0.15) is 5.82 Å². The van der Waals surface area contributed by atoms with Gasteiger partial charge < -0.3 is 0 Å². The Bertz CT molecular complexity index is 264. The minimum absolute atomic E-state index is 1.04. The van der Waals surface area contributed by atoms with Gasteiger partial charge in [0.2, 0.25) is 0 Å². The van der Waals surface area contributed by atoms with Gasteiger partial charge in [-0.05, 0) is 0 Å². The molecule has 0 amide bonds. The van der Waals surface area contributed by atoms with Crippen molar-refractivity contribution < 1.29 is 17.0 Å². The molecule has 0 aliphatic carbocycles. The number of aryl methyl sites for hydroxylation is 1. The fraction of sp³-hybridized carbons (Fsp3) is 0.333. The molecular formula is C6H8N2V. The van der Waals surface area contributed by atoms with E-state index in [2.05, 4.69) is 22.0 Å². The molecule has 0 atom stereocenters. The van der Waals surface area contributed by atoms with Crippen LogP contribution in [0.4, 0.5) is 0 Å². The van der Waals surface area contributed by atoms with E-state index < -0.39 is 0 Å². The van der Waals surface area contributed by atoms with Gasteiger partial charge in [-0.3, -0.25) is 0 Å². The van der Waals surface area contributed by atoms with E-state index in [1.807, 2.05) is 30.8 Å². The third-order valence-corrected chi connectivity index (χ3v) is 2.02. The van der Waals surface area contributed by atoms with Crippen LogP contribution in [0.2, 0.25) is 0 Å². The van der Waals surface area contributed by atoms with Crippen molar-refractivity contribution in [3.8, 4) is 0 Å². The van der Waals surface area contributed by atoms with E-state index in [1.165, 1.54) is 4.00 Å². The zero-order chi connectivity index (χ0) is 6.85. The summed E-state index contributed by atoms with van der Waals surface area (Å²) in [4.78, 5) is 4.09. The first-order valence-corrected chi connectivity index (χ1v) is 3.42. The Hall–Kier alpha value is -0.336. The number of rotatable bonds is 0. The standard InChI is InChI=1S/C6H8N2.V/c1-6-7-4-3-5-8(6)2;/h3-4H,1-2H3;. The average Bonchev–Trinajstić information content (AvgIpc) is 1.83. The molecule has 2 nitrogen and oxygen atoms in total. The molecule has 0 radical (unpaired) electrons. The van der Waals surface area contributed by atoms with E-state index in [4.69, 9.17) is 0 Å². The van der Waals surface area contributed by atoms with Gasteiger partial charge in [0, 0.05) is 0 Å². The summed E-state index contributed by atoms with van der Waals surface area (Å²) in [5.41, 5.74) is 0. The van der Waals surface area contributed by atoms with Crippen LogP contribution in [-0.4, -0.2) is 9.55 Å². The van der Waals surface area contributed by atoms with E-state index in [0.717, 1.165) is 5.82 Å². The van der Waals surface area contributed by atoms with E-state index in [0.29, 0.717) is 0 Å². The van der Waals surface area contributed by atoms with E-state index >= 15 is 0 Å². The predicted molar refractivity (Wildman–Crippen MR) is 31.2 cm³/mol. The molecule has 0 bridgehead atoms. The Morgan fingerprint density at radius 1 is 1.67 bits per heavy atom. The number of nitrogens with zero attached hydrogens (tertiary/aromatic N) is 2. The second-order valence-corrected chi connectivity index (χ2v) is 2.62. The Morgan fingerprint density at radius 3 is 2.78 bits per heavy atom. The van der Waals surface area contributed by atoms with Gasteiger partial charge in [-0.15, -0.1) is 0 Å². The number of hydrogen-bond acceptors (Lipinski definition) is 1. The third-order valence-electron chi connectivity index (χ3n) is 1.31. The molecule has 0 N–H and O–H groups in total. The molecule has 0 fully saturated rings. The van der Waals surface area contributed by atoms with Crippen molar-refractivity contribution in [2.24, 2.45) is 7.05 Å². The van der Waals surface area contributed by atoms with Crippen LogP contribution in [0, 0.1) is 10.9 Å². The van der Waals surface area contributed by atoms with Crippen molar-refractivity contribution in [3.05, 3.63) is 22.1 Å². The summed E-state index contributed by atoms with van der Waals surface area (Å²) in [6, 6.07) is 1.97. The van der Waals surface area contributed by atoms with Gasteiger partial charge in [-0.1, -0.05) is 0 Å². The van der Waals surface area contributed by atoms with Gasteiger partial charge in [0.25, 0.3) is 0 Å². The number of hydrogen-bond donors (Lipinski definition) is 0. The first-order valence-electron chi connectivity index (χ1n) is 2.72. The molecule has 1 rings (SSSR count). The summed E-state index contributed by atoms with van der Waals surface area (Å²) in [7, 11) is 2.00. The first-order chi connectivity index (χ1) is 4.22. The molecule has 0 saturated carbocycles. The molecule has 1 aromatic heterocycles. The zero-order valence-electron chi connectivity index (χ0n) is 5.50. The van der Waals surface area contributed by atoms with Crippen LogP contribution >= 0.6 is 0 Å². The Labute approximate surface area is 63.0 Å². The molecule has 0 spiro atoms. The van der Waals surface area contributed by atoms with Gasteiger partial charge in [-0.25, -0.2) is 0 Å². The Balaban J connectivity index is 3.43. The molecule has 9 heavy (non-hydrogen) atoms. The van der Waals surface area contributed by atoms with Crippen LogP contribution in [0.15, 0.2) is 12.3 Å². The molecule has 3 heteroatoms. The fourth-order valence-electron chi connectivity index (χ4n) is 0.576. The SMILES string of the molecule is Cc1ncc[c](=[V])n1C. The van der Waals surface area contributed by atoms with Crippen molar-refractivity contribution in [1.82, 2.24) is 9.55 Å². The van der Waals surface area contributed by atoms with Crippen molar-refractivity contribution in [1.29, 1.82) is 0 Å². The molecular weight excluding hydrogens is 151 g/mol. The van der Waals surface area contributed by atoms with Crippen LogP contribution < -0.4 is 0 Å². The average molecular weight is 159 g/mol. The Kier molecular flexibility index (Phi) is 1.88. The van der Waals surface area contributed by atoms with Crippen LogP contribution in [0.5, 0.6) is 0 Å². The summed E-state index contributed by atoms with van der Waals surface area (Å²) in [6.07, 6.45) is 1.81. The van der Waals surface area contributed by atoms with Gasteiger partial charge in [0.15, 0.2) is 0 Å². The molecule has 1 aromatic rings. The maximum absolute atomic E-state index is 4.09. The zero-order valence-corrected chi connectivity index (χ0v) is 6.89. The van der Waals surface area contributed by atoms with Gasteiger partial charge >= 0.3 is 62.6 Å². The van der Waals surface area contributed by atoms with Crippen LogP contribution in [-0.2, 0) is 24.0 Å². The molecule has 0 unspecified atom stereocenters. The fourth-order valence-corrected chi connectivity index (χ4v) is 0.906. The van der Waals surface area contributed by atoms with Gasteiger partial charge in [-0.2, -0.15) is 0 Å². The summed E-state index contributed by atoms with van der Waals surface area (Å²) in [5.74, 6) is 1.04. The van der Waals surface area contributed by atoms with Crippen molar-refractivity contribution in [3.63, 3.8) is 0 Å². The van der Waals surface area contributed by atoms with E-state index in [9.17, 15) is 0 Å². The van der Waals surface area contributed by atoms with Crippen molar-refractivity contribution in [2.45, 2.75) is 6.92 Å². The summed E-state index contributed by atoms with van der Waals surface area (Å²) in [5, 5.41) is 0. The molecule has 0 aliphatic heterocycles. The second-order valence-electron chi connectivity index (χ2n) is 1.91. The normalized spacial score (nSPS) is 9.44. The molecule has 1 heterocycles. The molecule has 47 valence electrons. The quantitative estimate of drug-likeness (QED) is 0.547.